The van der Waals surface area contributed by atoms with E-state index in [0.29, 0.717) is 22.7 Å². The molecule has 3 amide bonds. The largest absolute Gasteiger partial charge is 0.328 e. The standard InChI is InChI=1S/C24H16Br2F2N4O3/c1-12-8-16(4-5-17(12)26)29-22(33)21-10-13-9-14(25)2-7-20(13)32(21)31-24(35)23(34)30-19-6-3-15(27)11-18(19)28/h2-11H,1H3,(H,29,33)(H,30,34)(H,31,35). The Bertz CT molecular complexity index is 1500. The van der Waals surface area contributed by atoms with E-state index in [1.54, 1.807) is 42.5 Å². The van der Waals surface area contributed by atoms with Crippen LogP contribution in [0.15, 0.2) is 69.6 Å². The first-order chi connectivity index (χ1) is 16.6. The molecule has 0 fully saturated rings. The molecule has 0 spiro atoms. The number of hydrogen-bond donors (Lipinski definition) is 3. The number of amides is 3. The van der Waals surface area contributed by atoms with Gasteiger partial charge in [-0.25, -0.2) is 13.5 Å². The summed E-state index contributed by atoms with van der Waals surface area (Å²) in [6, 6.07) is 14.5. The third kappa shape index (κ3) is 5.41. The van der Waals surface area contributed by atoms with E-state index in [9.17, 15) is 23.2 Å². The second-order valence-electron chi connectivity index (χ2n) is 7.51. The minimum absolute atomic E-state index is 0.0489. The number of carbonyl (C=O) groups excluding carboxylic acids is 3. The van der Waals surface area contributed by atoms with E-state index < -0.39 is 29.4 Å². The smallest absolute Gasteiger partial charge is 0.321 e. The van der Waals surface area contributed by atoms with Crippen molar-refractivity contribution in [2.24, 2.45) is 0 Å². The lowest BCUT2D eigenvalue weighted by molar-refractivity contribution is -0.133. The Morgan fingerprint density at radius 2 is 1.63 bits per heavy atom. The van der Waals surface area contributed by atoms with Gasteiger partial charge in [-0.05, 0) is 67.1 Å². The Labute approximate surface area is 214 Å². The molecule has 3 N–H and O–H groups in total. The van der Waals surface area contributed by atoms with E-state index in [0.717, 1.165) is 26.6 Å². The topological polar surface area (TPSA) is 92.2 Å². The number of nitrogens with zero attached hydrogens (tertiary/aromatic N) is 1. The average molecular weight is 606 g/mol. The van der Waals surface area contributed by atoms with Gasteiger partial charge in [-0.2, -0.15) is 0 Å². The van der Waals surface area contributed by atoms with Crippen LogP contribution in [-0.4, -0.2) is 22.4 Å². The molecule has 4 rings (SSSR count). The first-order valence-corrected chi connectivity index (χ1v) is 11.7. The van der Waals surface area contributed by atoms with Crippen molar-refractivity contribution >= 4 is 71.9 Å². The Morgan fingerprint density at radius 1 is 0.857 bits per heavy atom. The van der Waals surface area contributed by atoms with Gasteiger partial charge in [0.05, 0.1) is 11.2 Å². The molecule has 0 radical (unpaired) electrons. The van der Waals surface area contributed by atoms with E-state index in [4.69, 9.17) is 0 Å². The van der Waals surface area contributed by atoms with Gasteiger partial charge in [0, 0.05) is 26.1 Å². The molecule has 0 saturated heterocycles. The van der Waals surface area contributed by atoms with Crippen molar-refractivity contribution in [2.45, 2.75) is 6.92 Å². The van der Waals surface area contributed by atoms with E-state index in [2.05, 4.69) is 47.9 Å². The lowest BCUT2D eigenvalue weighted by Crippen LogP contribution is -2.36. The Balaban J connectivity index is 1.63. The molecule has 0 aliphatic carbocycles. The van der Waals surface area contributed by atoms with Crippen LogP contribution in [0, 0.1) is 18.6 Å². The van der Waals surface area contributed by atoms with Crippen molar-refractivity contribution in [1.82, 2.24) is 4.68 Å². The maximum atomic E-state index is 13.9. The molecule has 0 atom stereocenters. The lowest BCUT2D eigenvalue weighted by Gasteiger charge is -2.13. The third-order valence-corrected chi connectivity index (χ3v) is 6.39. The summed E-state index contributed by atoms with van der Waals surface area (Å²) in [5, 5.41) is 5.47. The van der Waals surface area contributed by atoms with Crippen LogP contribution in [0.5, 0.6) is 0 Å². The highest BCUT2D eigenvalue weighted by molar-refractivity contribution is 9.10. The fourth-order valence-corrected chi connectivity index (χ4v) is 3.94. The van der Waals surface area contributed by atoms with Crippen LogP contribution in [0.25, 0.3) is 10.9 Å². The second kappa shape index (κ2) is 9.96. The zero-order chi connectivity index (χ0) is 25.3. The van der Waals surface area contributed by atoms with Crippen molar-refractivity contribution in [1.29, 1.82) is 0 Å². The average Bonchev–Trinajstić information content (AvgIpc) is 3.15. The molecule has 1 aromatic heterocycles. The van der Waals surface area contributed by atoms with E-state index >= 15 is 0 Å². The number of rotatable bonds is 4. The molecule has 0 aliphatic heterocycles. The third-order valence-electron chi connectivity index (χ3n) is 5.01. The summed E-state index contributed by atoms with van der Waals surface area (Å²) in [6.45, 7) is 1.87. The summed E-state index contributed by atoms with van der Waals surface area (Å²) in [5.74, 6) is -4.77. The van der Waals surface area contributed by atoms with Crippen molar-refractivity contribution in [3.63, 3.8) is 0 Å². The summed E-state index contributed by atoms with van der Waals surface area (Å²) in [6.07, 6.45) is 0. The first kappa shape index (κ1) is 24.6. The Morgan fingerprint density at radius 3 is 2.34 bits per heavy atom. The van der Waals surface area contributed by atoms with Crippen molar-refractivity contribution in [3.8, 4) is 0 Å². The van der Waals surface area contributed by atoms with Gasteiger partial charge in [0.1, 0.15) is 17.3 Å². The molecule has 4 aromatic rings. The van der Waals surface area contributed by atoms with E-state index in [1.807, 2.05) is 6.92 Å². The number of anilines is 2. The number of carbonyl (C=O) groups is 3. The highest BCUT2D eigenvalue weighted by Gasteiger charge is 2.22. The predicted octanol–water partition coefficient (Wildman–Crippen LogP) is 5.71. The fraction of sp³-hybridized carbons (Fsp3) is 0.0417. The summed E-state index contributed by atoms with van der Waals surface area (Å²) in [4.78, 5) is 38.1. The van der Waals surface area contributed by atoms with Gasteiger partial charge in [0.15, 0.2) is 0 Å². The molecule has 3 aromatic carbocycles. The van der Waals surface area contributed by atoms with Gasteiger partial charge in [0.2, 0.25) is 0 Å². The van der Waals surface area contributed by atoms with Crippen LogP contribution in [-0.2, 0) is 9.59 Å². The van der Waals surface area contributed by atoms with Crippen LogP contribution >= 0.6 is 31.9 Å². The summed E-state index contributed by atoms with van der Waals surface area (Å²) in [7, 11) is 0. The van der Waals surface area contributed by atoms with Crippen LogP contribution in [0.4, 0.5) is 20.2 Å². The fourth-order valence-electron chi connectivity index (χ4n) is 3.31. The number of nitrogens with one attached hydrogen (secondary N) is 3. The Hall–Kier alpha value is -3.57. The molecule has 7 nitrogen and oxygen atoms in total. The van der Waals surface area contributed by atoms with Gasteiger partial charge in [0.25, 0.3) is 5.91 Å². The molecule has 35 heavy (non-hydrogen) atoms. The number of aryl methyl sites for hydroxylation is 1. The quantitative estimate of drug-likeness (QED) is 0.260. The second-order valence-corrected chi connectivity index (χ2v) is 9.28. The number of hydrogen-bond acceptors (Lipinski definition) is 3. The summed E-state index contributed by atoms with van der Waals surface area (Å²) >= 11 is 6.77. The maximum absolute atomic E-state index is 13.9. The van der Waals surface area contributed by atoms with Gasteiger partial charge >= 0.3 is 11.8 Å². The molecule has 0 saturated carbocycles. The highest BCUT2D eigenvalue weighted by atomic mass is 79.9. The van der Waals surface area contributed by atoms with Crippen molar-refractivity contribution < 1.29 is 23.2 Å². The number of aromatic nitrogens is 1. The van der Waals surface area contributed by atoms with Crippen LogP contribution in [0.1, 0.15) is 16.1 Å². The molecule has 178 valence electrons. The van der Waals surface area contributed by atoms with E-state index in [-0.39, 0.29) is 11.4 Å². The SMILES string of the molecule is Cc1cc(NC(=O)c2cc3cc(Br)ccc3n2NC(=O)C(=O)Nc2ccc(F)cc2F)ccc1Br. The number of benzene rings is 3. The van der Waals surface area contributed by atoms with Crippen LogP contribution in [0.2, 0.25) is 0 Å². The predicted molar refractivity (Wildman–Crippen MR) is 136 cm³/mol. The molecule has 0 bridgehead atoms. The molecular weight excluding hydrogens is 590 g/mol. The molecule has 1 heterocycles. The molecule has 0 aliphatic rings. The highest BCUT2D eigenvalue weighted by Crippen LogP contribution is 2.25. The minimum Gasteiger partial charge on any atom is -0.321 e. The van der Waals surface area contributed by atoms with Gasteiger partial charge in [-0.15, -0.1) is 0 Å². The Kier molecular flexibility index (Phi) is 6.99. The number of halogens is 4. The number of fused-ring (bicyclic) bond motifs is 1. The maximum Gasteiger partial charge on any atom is 0.328 e. The van der Waals surface area contributed by atoms with Crippen LogP contribution in [0.3, 0.4) is 0 Å². The van der Waals surface area contributed by atoms with Gasteiger partial charge < -0.3 is 10.6 Å². The summed E-state index contributed by atoms with van der Waals surface area (Å²) < 4.78 is 29.8. The van der Waals surface area contributed by atoms with E-state index in [1.165, 1.54) is 4.68 Å². The zero-order valence-electron chi connectivity index (χ0n) is 18.0. The van der Waals surface area contributed by atoms with Crippen molar-refractivity contribution in [3.05, 3.63) is 92.5 Å². The van der Waals surface area contributed by atoms with Gasteiger partial charge in [-0.3, -0.25) is 19.8 Å². The zero-order valence-corrected chi connectivity index (χ0v) is 21.1. The van der Waals surface area contributed by atoms with Gasteiger partial charge in [-0.1, -0.05) is 31.9 Å². The summed E-state index contributed by atoms with van der Waals surface area (Å²) in [5.41, 5.74) is 3.94. The molecule has 0 unspecified atom stereocenters. The van der Waals surface area contributed by atoms with Crippen molar-refractivity contribution in [2.75, 3.05) is 16.1 Å². The molecule has 11 heteroatoms. The monoisotopic (exact) mass is 604 g/mol. The normalized spacial score (nSPS) is 10.8. The molecular formula is C24H16Br2F2N4O3. The minimum atomic E-state index is -1.20. The van der Waals surface area contributed by atoms with Crippen LogP contribution < -0.4 is 16.1 Å². The lowest BCUT2D eigenvalue weighted by atomic mass is 10.2. The first-order valence-electron chi connectivity index (χ1n) is 10.1.